The highest BCUT2D eigenvalue weighted by atomic mass is 35.5. The topological polar surface area (TPSA) is 34.5 Å². The summed E-state index contributed by atoms with van der Waals surface area (Å²) in [4.78, 5) is 13.8. The maximum atomic E-state index is 11.3. The van der Waals surface area contributed by atoms with E-state index in [0.717, 1.165) is 73.9 Å². The molecular formula is C23H25ClN2O2. The fourth-order valence-corrected chi connectivity index (χ4v) is 4.17. The van der Waals surface area contributed by atoms with Gasteiger partial charge in [0, 0.05) is 42.3 Å². The Labute approximate surface area is 170 Å². The Kier molecular flexibility index (Phi) is 5.98. The fourth-order valence-electron chi connectivity index (χ4n) is 3.99. The van der Waals surface area contributed by atoms with Crippen molar-refractivity contribution in [1.82, 2.24) is 9.47 Å². The number of para-hydroxylation sites is 2. The minimum absolute atomic E-state index is 0.236. The molecule has 1 fully saturated rings. The third-order valence-corrected chi connectivity index (χ3v) is 5.80. The molecule has 0 atom stereocenters. The van der Waals surface area contributed by atoms with Gasteiger partial charge in [-0.2, -0.15) is 0 Å². The molecule has 1 aliphatic heterocycles. The van der Waals surface area contributed by atoms with Gasteiger partial charge in [0.2, 0.25) is 0 Å². The van der Waals surface area contributed by atoms with Gasteiger partial charge in [0.05, 0.1) is 5.02 Å². The molecule has 146 valence electrons. The van der Waals surface area contributed by atoms with Crippen LogP contribution in [-0.4, -0.2) is 41.5 Å². The van der Waals surface area contributed by atoms with E-state index in [2.05, 4.69) is 15.5 Å². The first-order valence-corrected chi connectivity index (χ1v) is 10.3. The molecule has 0 aliphatic carbocycles. The molecule has 1 aliphatic rings. The Morgan fingerprint density at radius 1 is 1.04 bits per heavy atom. The molecule has 4 nitrogen and oxygen atoms in total. The van der Waals surface area contributed by atoms with Gasteiger partial charge in [0.25, 0.3) is 0 Å². The molecule has 0 N–H and O–H groups in total. The normalized spacial score (nSPS) is 15.8. The van der Waals surface area contributed by atoms with Crippen LogP contribution in [0.2, 0.25) is 5.02 Å². The van der Waals surface area contributed by atoms with Crippen molar-refractivity contribution in [1.29, 1.82) is 0 Å². The van der Waals surface area contributed by atoms with Gasteiger partial charge in [0.15, 0.2) is 6.29 Å². The summed E-state index contributed by atoms with van der Waals surface area (Å²) in [6.45, 7) is 4.06. The van der Waals surface area contributed by atoms with E-state index in [9.17, 15) is 4.79 Å². The Bertz CT molecular complexity index is 945. The van der Waals surface area contributed by atoms with E-state index in [4.69, 9.17) is 16.3 Å². The molecule has 1 saturated heterocycles. The highest BCUT2D eigenvalue weighted by Gasteiger charge is 2.21. The van der Waals surface area contributed by atoms with Crippen LogP contribution >= 0.6 is 11.6 Å². The molecule has 4 rings (SSSR count). The molecule has 2 heterocycles. The van der Waals surface area contributed by atoms with Crippen LogP contribution in [-0.2, 0) is 6.54 Å². The smallest absolute Gasteiger partial charge is 0.152 e. The van der Waals surface area contributed by atoms with E-state index in [0.29, 0.717) is 5.02 Å². The van der Waals surface area contributed by atoms with Gasteiger partial charge in [-0.25, -0.2) is 0 Å². The van der Waals surface area contributed by atoms with Crippen molar-refractivity contribution in [3.8, 4) is 5.75 Å². The summed E-state index contributed by atoms with van der Waals surface area (Å²) in [7, 11) is 0. The second-order valence-electron chi connectivity index (χ2n) is 7.36. The Morgan fingerprint density at radius 2 is 1.79 bits per heavy atom. The molecular weight excluding hydrogens is 372 g/mol. The summed E-state index contributed by atoms with van der Waals surface area (Å²) in [6, 6.07) is 15.8. The fraction of sp³-hybridized carbons (Fsp3) is 0.348. The molecule has 2 aromatic carbocycles. The van der Waals surface area contributed by atoms with Crippen molar-refractivity contribution in [3.63, 3.8) is 0 Å². The molecule has 1 aromatic heterocycles. The first kappa shape index (κ1) is 19.0. The van der Waals surface area contributed by atoms with Crippen LogP contribution in [0.25, 0.3) is 10.9 Å². The largest absolute Gasteiger partial charge is 0.489 e. The van der Waals surface area contributed by atoms with Crippen LogP contribution in [0, 0.1) is 0 Å². The SMILES string of the molecule is O=Cc1cn(CCCN2CCC(Oc3ccccc3Cl)CC2)c2ccccc12. The van der Waals surface area contributed by atoms with Crippen molar-refractivity contribution in [2.24, 2.45) is 0 Å². The lowest BCUT2D eigenvalue weighted by Crippen LogP contribution is -2.39. The molecule has 28 heavy (non-hydrogen) atoms. The predicted octanol–water partition coefficient (Wildman–Crippen LogP) is 5.04. The summed E-state index contributed by atoms with van der Waals surface area (Å²) >= 11 is 6.19. The molecule has 0 spiro atoms. The van der Waals surface area contributed by atoms with Gasteiger partial charge in [-0.3, -0.25) is 4.79 Å². The predicted molar refractivity (Wildman–Crippen MR) is 113 cm³/mol. The maximum Gasteiger partial charge on any atom is 0.152 e. The number of fused-ring (bicyclic) bond motifs is 1. The lowest BCUT2D eigenvalue weighted by atomic mass is 10.1. The molecule has 0 amide bonds. The van der Waals surface area contributed by atoms with Gasteiger partial charge >= 0.3 is 0 Å². The van der Waals surface area contributed by atoms with Crippen molar-refractivity contribution in [2.75, 3.05) is 19.6 Å². The average Bonchev–Trinajstić information content (AvgIpc) is 3.09. The van der Waals surface area contributed by atoms with Crippen LogP contribution in [0.5, 0.6) is 5.75 Å². The second kappa shape index (κ2) is 8.80. The number of ether oxygens (including phenoxy) is 1. The van der Waals surface area contributed by atoms with Crippen LogP contribution < -0.4 is 4.74 Å². The zero-order valence-electron chi connectivity index (χ0n) is 15.9. The lowest BCUT2D eigenvalue weighted by Gasteiger charge is -2.32. The standard InChI is InChI=1S/C23H25ClN2O2/c24-21-7-2-4-9-23(21)28-19-10-14-25(15-11-19)12-5-13-26-16-18(17-27)20-6-1-3-8-22(20)26/h1-4,6-9,16-17,19H,5,10-15H2. The zero-order chi connectivity index (χ0) is 19.3. The maximum absolute atomic E-state index is 11.3. The van der Waals surface area contributed by atoms with Gasteiger partial charge in [0.1, 0.15) is 11.9 Å². The number of aldehydes is 1. The lowest BCUT2D eigenvalue weighted by molar-refractivity contribution is 0.0994. The molecule has 0 saturated carbocycles. The monoisotopic (exact) mass is 396 g/mol. The van der Waals surface area contributed by atoms with Gasteiger partial charge < -0.3 is 14.2 Å². The Balaban J connectivity index is 1.26. The van der Waals surface area contributed by atoms with Crippen LogP contribution in [0.1, 0.15) is 29.6 Å². The summed E-state index contributed by atoms with van der Waals surface area (Å²) < 4.78 is 8.28. The van der Waals surface area contributed by atoms with Gasteiger partial charge in [-0.1, -0.05) is 41.9 Å². The number of nitrogens with zero attached hydrogens (tertiary/aromatic N) is 2. The van der Waals surface area contributed by atoms with Crippen molar-refractivity contribution in [3.05, 3.63) is 65.3 Å². The number of carbonyl (C=O) groups is 1. The highest BCUT2D eigenvalue weighted by molar-refractivity contribution is 6.32. The van der Waals surface area contributed by atoms with Crippen molar-refractivity contribution >= 4 is 28.8 Å². The summed E-state index contributed by atoms with van der Waals surface area (Å²) in [6.07, 6.45) is 6.26. The second-order valence-corrected chi connectivity index (χ2v) is 7.76. The van der Waals surface area contributed by atoms with E-state index in [-0.39, 0.29) is 6.10 Å². The molecule has 0 bridgehead atoms. The summed E-state index contributed by atoms with van der Waals surface area (Å²) in [5.41, 5.74) is 1.91. The Hall–Kier alpha value is -2.30. The number of hydrogen-bond acceptors (Lipinski definition) is 3. The Morgan fingerprint density at radius 3 is 2.57 bits per heavy atom. The average molecular weight is 397 g/mol. The number of carbonyl (C=O) groups excluding carboxylic acids is 1. The third kappa shape index (κ3) is 4.23. The van der Waals surface area contributed by atoms with Crippen LogP contribution in [0.4, 0.5) is 0 Å². The number of rotatable bonds is 7. The number of halogens is 1. The third-order valence-electron chi connectivity index (χ3n) is 5.48. The van der Waals surface area contributed by atoms with Gasteiger partial charge in [-0.15, -0.1) is 0 Å². The minimum Gasteiger partial charge on any atom is -0.489 e. The number of aromatic nitrogens is 1. The van der Waals surface area contributed by atoms with E-state index in [1.165, 1.54) is 0 Å². The molecule has 3 aromatic rings. The van der Waals surface area contributed by atoms with E-state index >= 15 is 0 Å². The van der Waals surface area contributed by atoms with E-state index < -0.39 is 0 Å². The first-order valence-electron chi connectivity index (χ1n) is 9.91. The van der Waals surface area contributed by atoms with Crippen LogP contribution in [0.3, 0.4) is 0 Å². The highest BCUT2D eigenvalue weighted by Crippen LogP contribution is 2.27. The molecule has 5 heteroatoms. The van der Waals surface area contributed by atoms with E-state index in [1.807, 2.05) is 48.7 Å². The van der Waals surface area contributed by atoms with Gasteiger partial charge in [-0.05, 0) is 44.0 Å². The molecule has 0 unspecified atom stereocenters. The van der Waals surface area contributed by atoms with Crippen molar-refractivity contribution < 1.29 is 9.53 Å². The van der Waals surface area contributed by atoms with Crippen LogP contribution in [0.15, 0.2) is 54.7 Å². The number of aryl methyl sites for hydroxylation is 1. The number of piperidine rings is 1. The number of hydrogen-bond donors (Lipinski definition) is 0. The van der Waals surface area contributed by atoms with Crippen molar-refractivity contribution in [2.45, 2.75) is 31.9 Å². The number of likely N-dealkylation sites (tertiary alicyclic amines) is 1. The minimum atomic E-state index is 0.236. The quantitative estimate of drug-likeness (QED) is 0.524. The van der Waals surface area contributed by atoms with E-state index in [1.54, 1.807) is 0 Å². The molecule has 0 radical (unpaired) electrons. The number of benzene rings is 2. The zero-order valence-corrected chi connectivity index (χ0v) is 16.6. The summed E-state index contributed by atoms with van der Waals surface area (Å²) in [5.74, 6) is 0.785. The first-order chi connectivity index (χ1) is 13.7. The summed E-state index contributed by atoms with van der Waals surface area (Å²) in [5, 5.41) is 1.72.